The molecule has 5 heteroatoms. The molecular formula is C16H28N4S. The van der Waals surface area contributed by atoms with Crippen molar-refractivity contribution in [1.82, 2.24) is 15.5 Å². The molecule has 1 atom stereocenters. The summed E-state index contributed by atoms with van der Waals surface area (Å²) in [5, 5.41) is 6.84. The molecule has 1 aliphatic rings. The van der Waals surface area contributed by atoms with Crippen molar-refractivity contribution in [3.05, 3.63) is 21.9 Å². The number of hydrogen-bond acceptors (Lipinski definition) is 3. The molecule has 118 valence electrons. The molecule has 1 saturated heterocycles. The Labute approximate surface area is 132 Å². The predicted octanol–water partition coefficient (Wildman–Crippen LogP) is 2.45. The molecule has 1 fully saturated rings. The molecule has 1 aromatic heterocycles. The van der Waals surface area contributed by atoms with Crippen LogP contribution in [0.5, 0.6) is 0 Å². The maximum Gasteiger partial charge on any atom is 0.191 e. The summed E-state index contributed by atoms with van der Waals surface area (Å²) in [6.45, 7) is 12.8. The number of nitrogens with zero attached hydrogens (tertiary/aromatic N) is 2. The van der Waals surface area contributed by atoms with E-state index in [2.05, 4.69) is 53.4 Å². The summed E-state index contributed by atoms with van der Waals surface area (Å²) in [6, 6.07) is 4.33. The van der Waals surface area contributed by atoms with E-state index in [1.807, 2.05) is 11.3 Å². The number of guanidine groups is 1. The van der Waals surface area contributed by atoms with Crippen molar-refractivity contribution in [3.63, 3.8) is 0 Å². The minimum atomic E-state index is 0.748. The van der Waals surface area contributed by atoms with E-state index in [1.54, 1.807) is 0 Å². The van der Waals surface area contributed by atoms with Gasteiger partial charge in [-0.3, -0.25) is 0 Å². The van der Waals surface area contributed by atoms with E-state index in [1.165, 1.54) is 35.8 Å². The van der Waals surface area contributed by atoms with Crippen LogP contribution in [-0.2, 0) is 6.54 Å². The van der Waals surface area contributed by atoms with Gasteiger partial charge in [-0.25, -0.2) is 4.99 Å². The standard InChI is InChI=1S/C16H28N4S/c1-4-17-16(19-11-15-7-6-13(3)21-15)18-10-14-8-9-20(5-2)12-14/h6-7,14H,4-5,8-12H2,1-3H3,(H2,17,18,19). The van der Waals surface area contributed by atoms with Gasteiger partial charge in [0.1, 0.15) is 0 Å². The van der Waals surface area contributed by atoms with Crippen molar-refractivity contribution in [3.8, 4) is 0 Å². The fourth-order valence-electron chi connectivity index (χ4n) is 2.68. The molecule has 0 aliphatic carbocycles. The summed E-state index contributed by atoms with van der Waals surface area (Å²) in [7, 11) is 0. The monoisotopic (exact) mass is 308 g/mol. The quantitative estimate of drug-likeness (QED) is 0.626. The SMILES string of the molecule is CCNC(=NCc1ccc(C)s1)NCC1CCN(CC)C1. The van der Waals surface area contributed by atoms with Crippen molar-refractivity contribution in [2.75, 3.05) is 32.7 Å². The van der Waals surface area contributed by atoms with Gasteiger partial charge in [0, 0.05) is 29.4 Å². The number of thiophene rings is 1. The first-order chi connectivity index (χ1) is 10.2. The lowest BCUT2D eigenvalue weighted by Crippen LogP contribution is -2.40. The van der Waals surface area contributed by atoms with E-state index in [-0.39, 0.29) is 0 Å². The molecular weight excluding hydrogens is 280 g/mol. The number of aryl methyl sites for hydroxylation is 1. The van der Waals surface area contributed by atoms with E-state index >= 15 is 0 Å². The van der Waals surface area contributed by atoms with Gasteiger partial charge in [-0.15, -0.1) is 11.3 Å². The van der Waals surface area contributed by atoms with Gasteiger partial charge in [0.25, 0.3) is 0 Å². The average Bonchev–Trinajstić information content (AvgIpc) is 3.10. The number of likely N-dealkylation sites (tertiary alicyclic amines) is 1. The van der Waals surface area contributed by atoms with E-state index in [0.29, 0.717) is 0 Å². The van der Waals surface area contributed by atoms with Crippen molar-refractivity contribution in [2.45, 2.75) is 33.7 Å². The molecule has 1 aromatic rings. The molecule has 2 N–H and O–H groups in total. The van der Waals surface area contributed by atoms with Crippen LogP contribution in [0.2, 0.25) is 0 Å². The van der Waals surface area contributed by atoms with Crippen LogP contribution in [0, 0.1) is 12.8 Å². The molecule has 2 rings (SSSR count). The maximum atomic E-state index is 4.69. The molecule has 0 saturated carbocycles. The van der Waals surface area contributed by atoms with E-state index in [0.717, 1.165) is 31.5 Å². The second-order valence-corrected chi connectivity index (χ2v) is 7.01. The smallest absolute Gasteiger partial charge is 0.191 e. The van der Waals surface area contributed by atoms with Gasteiger partial charge in [0.15, 0.2) is 5.96 Å². The fourth-order valence-corrected chi connectivity index (χ4v) is 3.49. The highest BCUT2D eigenvalue weighted by Gasteiger charge is 2.20. The summed E-state index contributed by atoms with van der Waals surface area (Å²) in [6.07, 6.45) is 1.30. The Kier molecular flexibility index (Phi) is 6.51. The van der Waals surface area contributed by atoms with Crippen molar-refractivity contribution in [1.29, 1.82) is 0 Å². The third-order valence-electron chi connectivity index (χ3n) is 3.91. The molecule has 0 bridgehead atoms. The van der Waals surface area contributed by atoms with Crippen molar-refractivity contribution in [2.24, 2.45) is 10.9 Å². The topological polar surface area (TPSA) is 39.7 Å². The Morgan fingerprint density at radius 3 is 2.86 bits per heavy atom. The van der Waals surface area contributed by atoms with Gasteiger partial charge < -0.3 is 15.5 Å². The zero-order valence-electron chi connectivity index (χ0n) is 13.5. The lowest BCUT2D eigenvalue weighted by atomic mass is 10.1. The summed E-state index contributed by atoms with van der Waals surface area (Å²) < 4.78 is 0. The lowest BCUT2D eigenvalue weighted by molar-refractivity contribution is 0.342. The molecule has 1 aliphatic heterocycles. The fraction of sp³-hybridized carbons (Fsp3) is 0.688. The van der Waals surface area contributed by atoms with Crippen molar-refractivity contribution < 1.29 is 0 Å². The van der Waals surface area contributed by atoms with Crippen molar-refractivity contribution >= 4 is 17.3 Å². The van der Waals surface area contributed by atoms with Crippen LogP contribution < -0.4 is 10.6 Å². The summed E-state index contributed by atoms with van der Waals surface area (Å²) in [5.41, 5.74) is 0. The Hall–Kier alpha value is -1.07. The molecule has 0 radical (unpaired) electrons. The van der Waals surface area contributed by atoms with Gasteiger partial charge in [-0.1, -0.05) is 6.92 Å². The van der Waals surface area contributed by atoms with Gasteiger partial charge in [0.05, 0.1) is 6.54 Å². The Bertz CT molecular complexity index is 455. The van der Waals surface area contributed by atoms with Crippen LogP contribution in [0.25, 0.3) is 0 Å². The zero-order chi connectivity index (χ0) is 15.1. The highest BCUT2D eigenvalue weighted by molar-refractivity contribution is 7.11. The predicted molar refractivity (Wildman–Crippen MR) is 92.1 cm³/mol. The van der Waals surface area contributed by atoms with Crippen LogP contribution in [-0.4, -0.2) is 43.6 Å². The second-order valence-electron chi connectivity index (χ2n) is 5.64. The van der Waals surface area contributed by atoms with E-state index < -0.39 is 0 Å². The average molecular weight is 308 g/mol. The minimum absolute atomic E-state index is 0.748. The molecule has 1 unspecified atom stereocenters. The first kappa shape index (κ1) is 16.3. The first-order valence-electron chi connectivity index (χ1n) is 8.01. The van der Waals surface area contributed by atoms with Gasteiger partial charge >= 0.3 is 0 Å². The third-order valence-corrected chi connectivity index (χ3v) is 4.89. The van der Waals surface area contributed by atoms with Gasteiger partial charge in [-0.2, -0.15) is 0 Å². The molecule has 0 aromatic carbocycles. The highest BCUT2D eigenvalue weighted by atomic mass is 32.1. The van der Waals surface area contributed by atoms with Crippen LogP contribution in [0.3, 0.4) is 0 Å². The van der Waals surface area contributed by atoms with Crippen LogP contribution in [0.4, 0.5) is 0 Å². The summed E-state index contributed by atoms with van der Waals surface area (Å²) in [5.74, 6) is 1.69. The third kappa shape index (κ3) is 5.32. The minimum Gasteiger partial charge on any atom is -0.357 e. The van der Waals surface area contributed by atoms with Crippen LogP contribution in [0.1, 0.15) is 30.0 Å². The lowest BCUT2D eigenvalue weighted by Gasteiger charge is -2.16. The summed E-state index contributed by atoms with van der Waals surface area (Å²) >= 11 is 1.83. The number of aliphatic imine (C=N–C) groups is 1. The Morgan fingerprint density at radius 1 is 1.38 bits per heavy atom. The van der Waals surface area contributed by atoms with E-state index in [9.17, 15) is 0 Å². The van der Waals surface area contributed by atoms with Crippen LogP contribution in [0.15, 0.2) is 17.1 Å². The number of nitrogens with one attached hydrogen (secondary N) is 2. The number of rotatable bonds is 6. The molecule has 0 spiro atoms. The highest BCUT2D eigenvalue weighted by Crippen LogP contribution is 2.16. The maximum absolute atomic E-state index is 4.69. The normalized spacial score (nSPS) is 20.0. The van der Waals surface area contributed by atoms with Crippen LogP contribution >= 0.6 is 11.3 Å². The molecule has 0 amide bonds. The van der Waals surface area contributed by atoms with E-state index in [4.69, 9.17) is 0 Å². The first-order valence-corrected chi connectivity index (χ1v) is 8.82. The molecule has 4 nitrogen and oxygen atoms in total. The number of hydrogen-bond donors (Lipinski definition) is 2. The largest absolute Gasteiger partial charge is 0.357 e. The van der Waals surface area contributed by atoms with Gasteiger partial charge in [0.2, 0.25) is 0 Å². The Morgan fingerprint density at radius 2 is 2.24 bits per heavy atom. The molecule has 21 heavy (non-hydrogen) atoms. The zero-order valence-corrected chi connectivity index (χ0v) is 14.3. The Balaban J connectivity index is 1.81. The van der Waals surface area contributed by atoms with Gasteiger partial charge in [-0.05, 0) is 51.4 Å². The molecule has 2 heterocycles. The second kappa shape index (κ2) is 8.39. The summed E-state index contributed by atoms with van der Waals surface area (Å²) in [4.78, 5) is 9.88.